The highest BCUT2D eigenvalue weighted by molar-refractivity contribution is 6.22. The van der Waals surface area contributed by atoms with Crippen molar-refractivity contribution in [3.63, 3.8) is 0 Å². The topological polar surface area (TPSA) is 281 Å². The van der Waals surface area contributed by atoms with E-state index >= 15 is 0 Å². The van der Waals surface area contributed by atoms with Crippen LogP contribution in [0.4, 0.5) is 55.2 Å². The first-order chi connectivity index (χ1) is 66.2. The van der Waals surface area contributed by atoms with Crippen molar-refractivity contribution in [1.29, 1.82) is 0 Å². The summed E-state index contributed by atoms with van der Waals surface area (Å²) in [5.74, 6) is 1.14. The van der Waals surface area contributed by atoms with Crippen molar-refractivity contribution in [3.05, 3.63) is 248 Å². The molecule has 2 N–H and O–H groups in total. The second kappa shape index (κ2) is 47.1. The Morgan fingerprint density at radius 2 is 1.02 bits per heavy atom. The number of halogens is 6. The third kappa shape index (κ3) is 26.2. The van der Waals surface area contributed by atoms with Gasteiger partial charge in [-0.2, -0.15) is 26.3 Å². The molecule has 8 amide bonds. The molecule has 0 spiro atoms. The molecule has 10 aliphatic rings. The Morgan fingerprint density at radius 3 is 1.69 bits per heavy atom. The number of unbranched alkanes of at least 4 members (excludes halogenated alkanes) is 7. The van der Waals surface area contributed by atoms with E-state index in [4.69, 9.17) is 4.74 Å². The maximum Gasteiger partial charge on any atom is 0.417 e. The molecule has 26 nitrogen and oxygen atoms in total. The molecule has 724 valence electrons. The number of nitrogens with one attached hydrogen (secondary N) is 2. The number of carbonyl (C=O) groups is 9. The van der Waals surface area contributed by atoms with Crippen LogP contribution in [0.25, 0.3) is 0 Å². The molecule has 9 aromatic rings. The minimum absolute atomic E-state index is 0.0683. The zero-order valence-corrected chi connectivity index (χ0v) is 78.6. The Morgan fingerprint density at radius 1 is 0.445 bits per heavy atom. The van der Waals surface area contributed by atoms with E-state index in [-0.39, 0.29) is 89.8 Å². The number of alkyl halides is 6. The number of hydrogen-bond donors (Lipinski definition) is 2. The second-order valence-electron chi connectivity index (χ2n) is 36.3. The maximum atomic E-state index is 13.7. The number of carbonyl (C=O) groups excluding carboxylic acids is 9. The van der Waals surface area contributed by atoms with Gasteiger partial charge in [-0.25, -0.2) is 4.98 Å². The minimum Gasteiger partial charge on any atom is -0.435 e. The van der Waals surface area contributed by atoms with E-state index in [0.717, 1.165) is 141 Å². The van der Waals surface area contributed by atoms with Crippen molar-refractivity contribution in [2.24, 2.45) is 5.92 Å². The van der Waals surface area contributed by atoms with Crippen molar-refractivity contribution < 1.29 is 74.2 Å². The zero-order valence-electron chi connectivity index (χ0n) is 78.6. The molecular formula is C105H122F6N16O10. The lowest BCUT2D eigenvalue weighted by Crippen LogP contribution is -2.49. The number of amides is 8. The third-order valence-corrected chi connectivity index (χ3v) is 26.5. The van der Waals surface area contributed by atoms with E-state index in [1.54, 1.807) is 54.7 Å². The van der Waals surface area contributed by atoms with Crippen LogP contribution in [-0.2, 0) is 25.2 Å². The van der Waals surface area contributed by atoms with Gasteiger partial charge in [0.2, 0.25) is 0 Å². The van der Waals surface area contributed by atoms with Gasteiger partial charge >= 0.3 is 12.4 Å². The fourth-order valence-corrected chi connectivity index (χ4v) is 18.1. The lowest BCUT2D eigenvalue weighted by atomic mass is 9.98. The molecule has 1 saturated carbocycles. The smallest absolute Gasteiger partial charge is 0.417 e. The maximum absolute atomic E-state index is 13.7. The number of aromatic nitrogens is 5. The van der Waals surface area contributed by atoms with Crippen LogP contribution in [0.1, 0.15) is 269 Å². The molecule has 32 heteroatoms. The molecule has 5 fully saturated rings. The molecule has 4 saturated heterocycles. The Kier molecular flexibility index (Phi) is 34.3. The SMILES string of the molecule is CCCCCCCc1ccc(C)c(C(=O)N2CCN(c3cc(C(=O)CCCCCC)ccn3)CC2)c1.Cc1ccccc1C(=O)N1CCN(c2ccc3c(c2)C(=O)N(CCC2CC2)C3=O)CC1.O=C1NCCCCCCCCCc2ccc(C(F)(F)F)c(c2)C(=O)N2CCN(CC2)c2ccc1nn2.O=C1Nc2ccccc2Oc2nnc(N3CCN(C(=O)c4ccccc4C(F)(F)F)CC3)cc21. The summed E-state index contributed by atoms with van der Waals surface area (Å²) >= 11 is 0. The van der Waals surface area contributed by atoms with Crippen molar-refractivity contribution in [3.8, 4) is 11.6 Å². The number of nitrogens with zero attached hydrogens (tertiary/aromatic N) is 14. The Hall–Kier alpha value is -13.2. The summed E-state index contributed by atoms with van der Waals surface area (Å²) in [6.07, 6.45) is 15.8. The molecule has 0 unspecified atom stereocenters. The first-order valence-corrected chi connectivity index (χ1v) is 48.5. The number of piperazine rings is 4. The van der Waals surface area contributed by atoms with Gasteiger partial charge in [0.25, 0.3) is 53.1 Å². The van der Waals surface area contributed by atoms with Crippen molar-refractivity contribution >= 4 is 81.9 Å². The normalized spacial score (nSPS) is 16.6. The van der Waals surface area contributed by atoms with Gasteiger partial charge in [-0.05, 0) is 178 Å². The number of ketones is 1. The van der Waals surface area contributed by atoms with Gasteiger partial charge in [0.05, 0.1) is 39.1 Å². The number of anilines is 5. The highest BCUT2D eigenvalue weighted by atomic mass is 19.4. The summed E-state index contributed by atoms with van der Waals surface area (Å²) in [7, 11) is 0. The number of Topliss-reactive ketones (excluding diaryl/α,β-unsaturated/α-hetero) is 1. The molecule has 6 bridgehead atoms. The molecule has 12 heterocycles. The number of fused-ring (bicyclic) bond motifs is 5. The van der Waals surface area contributed by atoms with E-state index in [9.17, 15) is 69.5 Å². The van der Waals surface area contributed by atoms with Crippen LogP contribution in [0.2, 0.25) is 0 Å². The van der Waals surface area contributed by atoms with Gasteiger partial charge in [0, 0.05) is 159 Å². The number of imide groups is 1. The van der Waals surface area contributed by atoms with Crippen molar-refractivity contribution in [1.82, 2.24) is 55.2 Å². The largest absolute Gasteiger partial charge is 0.435 e. The van der Waals surface area contributed by atoms with E-state index in [0.29, 0.717) is 131 Å². The Balaban J connectivity index is 0.000000146. The molecule has 0 radical (unpaired) electrons. The summed E-state index contributed by atoms with van der Waals surface area (Å²) < 4.78 is 86.8. The van der Waals surface area contributed by atoms with Crippen LogP contribution >= 0.6 is 0 Å². The Bertz CT molecular complexity index is 5750. The zero-order chi connectivity index (χ0) is 96.7. The van der Waals surface area contributed by atoms with Crippen molar-refractivity contribution in [2.75, 3.05) is 143 Å². The highest BCUT2D eigenvalue weighted by Crippen LogP contribution is 2.40. The molecule has 6 aromatic carbocycles. The van der Waals surface area contributed by atoms with Gasteiger partial charge < -0.3 is 54.6 Å². The molecule has 9 aliphatic heterocycles. The molecule has 19 rings (SSSR count). The fourth-order valence-electron chi connectivity index (χ4n) is 18.1. The number of rotatable bonds is 21. The molecule has 0 atom stereocenters. The van der Waals surface area contributed by atoms with Gasteiger partial charge in [0.1, 0.15) is 11.4 Å². The van der Waals surface area contributed by atoms with E-state index in [2.05, 4.69) is 77.9 Å². The summed E-state index contributed by atoms with van der Waals surface area (Å²) in [5.41, 5.74) is 6.83. The summed E-state index contributed by atoms with van der Waals surface area (Å²) in [6, 6.07) is 43.9. The predicted octanol–water partition coefficient (Wildman–Crippen LogP) is 18.7. The average Bonchev–Trinajstić information content (AvgIpc) is 1.61. The predicted molar refractivity (Wildman–Crippen MR) is 514 cm³/mol. The Labute approximate surface area is 796 Å². The molecular weight excluding hydrogens is 1760 g/mol. The quantitative estimate of drug-likeness (QED) is 0.0293. The third-order valence-electron chi connectivity index (χ3n) is 26.5. The summed E-state index contributed by atoms with van der Waals surface area (Å²) in [4.78, 5) is 136. The number of para-hydroxylation sites is 2. The van der Waals surface area contributed by atoms with Gasteiger partial charge in [-0.15, -0.1) is 20.4 Å². The van der Waals surface area contributed by atoms with Gasteiger partial charge in [-0.1, -0.05) is 164 Å². The highest BCUT2D eigenvalue weighted by Gasteiger charge is 2.41. The number of ether oxygens (including phenoxy) is 1. The molecule has 137 heavy (non-hydrogen) atoms. The average molecular weight is 1880 g/mol. The summed E-state index contributed by atoms with van der Waals surface area (Å²) in [5, 5.41) is 22.1. The minimum atomic E-state index is -4.62. The standard InChI is InChI=1S/C31H45N3O2.C26H32F3N5O2.C25H27N3O3.C23H18F3N5O3/c1-4-6-8-10-11-13-26-16-15-25(3)28(23-26)31(36)34-21-19-33(20-22-34)30-24-27(17-18-32-30)29(35)14-12-9-7-5-2;27-26(28,29)21-10-9-19-8-6-4-2-1-3-5-7-13-30-24(35)22-11-12-23(32-31-22)33-14-16-34(17-15-33)25(36)20(21)18-19;1-17-4-2-3-5-20(17)23(29)27-14-12-26(13-15-27)19-8-9-21-22(16-19)25(31)28(24(21)30)11-10-18-6-7-18;24-23(25,26)16-6-2-1-5-14(16)22(33)31-11-9-30(10-12-31)19-13-15-20(32)27-17-7-3-4-8-18(17)34-21(15)29-28-19/h15-18,23-24H,4-14,19-22H2,1-3H3;9-12,18H,1-8,13-17H2,(H,30,35);2-5,8-9,16,18H,6-7,10-15H2,1H3;1-8,13H,9-12H2,(H,27,32). The van der Waals surface area contributed by atoms with E-state index in [1.165, 1.54) is 108 Å². The fraction of sp³-hybridized carbons (Fsp3) is 0.448. The van der Waals surface area contributed by atoms with Gasteiger partial charge in [-0.3, -0.25) is 48.1 Å². The number of pyridine rings is 1. The lowest BCUT2D eigenvalue weighted by Gasteiger charge is -2.36. The lowest BCUT2D eigenvalue weighted by molar-refractivity contribution is -0.138. The van der Waals surface area contributed by atoms with E-state index < -0.39 is 41.2 Å². The molecule has 1 aliphatic carbocycles. The van der Waals surface area contributed by atoms with Crippen LogP contribution in [-0.4, -0.2) is 221 Å². The van der Waals surface area contributed by atoms with Crippen molar-refractivity contribution in [2.45, 2.75) is 181 Å². The first kappa shape index (κ1) is 99.8. The first-order valence-electron chi connectivity index (χ1n) is 48.5. The second-order valence-corrected chi connectivity index (χ2v) is 36.3. The van der Waals surface area contributed by atoms with Crippen LogP contribution in [0.5, 0.6) is 11.6 Å². The summed E-state index contributed by atoms with van der Waals surface area (Å²) in [6.45, 7) is 17.3. The monoisotopic (exact) mass is 1880 g/mol. The van der Waals surface area contributed by atoms with E-state index in [1.807, 2.05) is 82.0 Å². The van der Waals surface area contributed by atoms with Crippen LogP contribution in [0.3, 0.4) is 0 Å². The van der Waals surface area contributed by atoms with Crippen LogP contribution in [0, 0.1) is 19.8 Å². The molecule has 3 aromatic heterocycles. The number of aryl methyl sites for hydroxylation is 4. The van der Waals surface area contributed by atoms with Crippen LogP contribution in [0.15, 0.2) is 164 Å². The number of hydrogen-bond acceptors (Lipinski definition) is 19. The van der Waals surface area contributed by atoms with Crippen LogP contribution < -0.4 is 35.0 Å². The van der Waals surface area contributed by atoms with Gasteiger partial charge in [0.15, 0.2) is 28.9 Å². The number of benzene rings is 6.